The van der Waals surface area contributed by atoms with Crippen LogP contribution in [0.3, 0.4) is 0 Å². The molecule has 1 aliphatic heterocycles. The Kier molecular flexibility index (Phi) is 4.50. The molecule has 1 aromatic carbocycles. The highest BCUT2D eigenvalue weighted by Crippen LogP contribution is 2.14. The molecule has 1 unspecified atom stereocenters. The van der Waals surface area contributed by atoms with Crippen LogP contribution in [0.4, 0.5) is 4.39 Å². The second kappa shape index (κ2) is 6.12. The van der Waals surface area contributed by atoms with Gasteiger partial charge >= 0.3 is 5.97 Å². The topological polar surface area (TPSA) is 49.8 Å². The molecule has 0 aliphatic carbocycles. The summed E-state index contributed by atoms with van der Waals surface area (Å²) in [5.74, 6) is -1.61. The number of aromatic carboxylic acids is 1. The number of ether oxygens (including phenoxy) is 1. The van der Waals surface area contributed by atoms with Crippen molar-refractivity contribution < 1.29 is 19.0 Å². The summed E-state index contributed by atoms with van der Waals surface area (Å²) in [5, 5.41) is 8.93. The summed E-state index contributed by atoms with van der Waals surface area (Å²) < 4.78 is 18.9. The van der Waals surface area contributed by atoms with Gasteiger partial charge in [0.1, 0.15) is 5.82 Å². The Hall–Kier alpha value is -1.46. The standard InChI is InChI=1S/C14H18FNO3/c1-10-8-16(3-2-4-19-10)9-11-5-12(14(17)18)7-13(15)6-11/h5-7,10H,2-4,8-9H2,1H3,(H,17,18). The van der Waals surface area contributed by atoms with Gasteiger partial charge in [-0.05, 0) is 37.1 Å². The lowest BCUT2D eigenvalue weighted by Crippen LogP contribution is -2.29. The number of carbonyl (C=O) groups is 1. The van der Waals surface area contributed by atoms with E-state index in [-0.39, 0.29) is 11.7 Å². The first-order valence-electron chi connectivity index (χ1n) is 6.41. The van der Waals surface area contributed by atoms with Crippen LogP contribution in [0.5, 0.6) is 0 Å². The first-order valence-corrected chi connectivity index (χ1v) is 6.41. The Morgan fingerprint density at radius 3 is 3.05 bits per heavy atom. The lowest BCUT2D eigenvalue weighted by molar-refractivity contribution is 0.0665. The maximum Gasteiger partial charge on any atom is 0.335 e. The van der Waals surface area contributed by atoms with Crippen LogP contribution in [-0.2, 0) is 11.3 Å². The molecule has 4 nitrogen and oxygen atoms in total. The number of rotatable bonds is 3. The number of hydrogen-bond donors (Lipinski definition) is 1. The van der Waals surface area contributed by atoms with Crippen LogP contribution in [0, 0.1) is 5.82 Å². The quantitative estimate of drug-likeness (QED) is 0.911. The number of benzene rings is 1. The summed E-state index contributed by atoms with van der Waals surface area (Å²) in [4.78, 5) is 13.1. The van der Waals surface area contributed by atoms with Crippen LogP contribution >= 0.6 is 0 Å². The fourth-order valence-electron chi connectivity index (χ4n) is 2.35. The highest BCUT2D eigenvalue weighted by Gasteiger charge is 2.16. The van der Waals surface area contributed by atoms with Gasteiger partial charge in [-0.1, -0.05) is 0 Å². The Balaban J connectivity index is 2.11. The molecule has 0 bridgehead atoms. The largest absolute Gasteiger partial charge is 0.478 e. The minimum absolute atomic E-state index is 0.00544. The molecular weight excluding hydrogens is 249 g/mol. The second-order valence-electron chi connectivity index (χ2n) is 4.92. The molecule has 0 saturated carbocycles. The molecule has 1 saturated heterocycles. The predicted molar refractivity (Wildman–Crippen MR) is 68.7 cm³/mol. The van der Waals surface area contributed by atoms with Crippen molar-refractivity contribution in [1.29, 1.82) is 0 Å². The second-order valence-corrected chi connectivity index (χ2v) is 4.92. The lowest BCUT2D eigenvalue weighted by atomic mass is 10.1. The molecule has 1 N–H and O–H groups in total. The average Bonchev–Trinajstić information content (AvgIpc) is 2.52. The molecule has 0 amide bonds. The van der Waals surface area contributed by atoms with E-state index in [0.29, 0.717) is 12.1 Å². The Morgan fingerprint density at radius 2 is 2.32 bits per heavy atom. The van der Waals surface area contributed by atoms with E-state index < -0.39 is 11.8 Å². The summed E-state index contributed by atoms with van der Waals surface area (Å²) in [7, 11) is 0. The monoisotopic (exact) mass is 267 g/mol. The zero-order chi connectivity index (χ0) is 13.8. The fourth-order valence-corrected chi connectivity index (χ4v) is 2.35. The molecule has 1 aliphatic rings. The maximum atomic E-state index is 13.4. The van der Waals surface area contributed by atoms with Crippen LogP contribution in [0.2, 0.25) is 0 Å². The van der Waals surface area contributed by atoms with Gasteiger partial charge < -0.3 is 9.84 Å². The lowest BCUT2D eigenvalue weighted by Gasteiger charge is -2.21. The van der Waals surface area contributed by atoms with E-state index in [4.69, 9.17) is 9.84 Å². The van der Waals surface area contributed by atoms with E-state index in [9.17, 15) is 9.18 Å². The third-order valence-electron chi connectivity index (χ3n) is 3.15. The summed E-state index contributed by atoms with van der Waals surface area (Å²) in [5.41, 5.74) is 0.681. The summed E-state index contributed by atoms with van der Waals surface area (Å²) in [6, 6.07) is 3.96. The van der Waals surface area contributed by atoms with E-state index in [0.717, 1.165) is 32.2 Å². The molecule has 1 fully saturated rings. The Bertz CT molecular complexity index is 464. The minimum Gasteiger partial charge on any atom is -0.478 e. The summed E-state index contributed by atoms with van der Waals surface area (Å²) >= 11 is 0. The number of hydrogen-bond acceptors (Lipinski definition) is 3. The first kappa shape index (κ1) is 14.0. The molecule has 1 heterocycles. The van der Waals surface area contributed by atoms with Crippen molar-refractivity contribution in [2.45, 2.75) is 26.0 Å². The molecule has 0 spiro atoms. The van der Waals surface area contributed by atoms with Crippen molar-refractivity contribution in [1.82, 2.24) is 4.90 Å². The summed E-state index contributed by atoms with van der Waals surface area (Å²) in [6.07, 6.45) is 1.08. The van der Waals surface area contributed by atoms with E-state index in [1.165, 1.54) is 12.1 Å². The van der Waals surface area contributed by atoms with Crippen LogP contribution < -0.4 is 0 Å². The fraction of sp³-hybridized carbons (Fsp3) is 0.500. The van der Waals surface area contributed by atoms with Gasteiger partial charge in [-0.25, -0.2) is 9.18 Å². The normalized spacial score (nSPS) is 21.1. The molecule has 1 atom stereocenters. The van der Waals surface area contributed by atoms with Crippen molar-refractivity contribution in [3.63, 3.8) is 0 Å². The predicted octanol–water partition coefficient (Wildman–Crippen LogP) is 2.13. The van der Waals surface area contributed by atoms with E-state index in [1.807, 2.05) is 6.92 Å². The van der Waals surface area contributed by atoms with Gasteiger partial charge in [0.15, 0.2) is 0 Å². The Morgan fingerprint density at radius 1 is 1.53 bits per heavy atom. The molecule has 0 aromatic heterocycles. The van der Waals surface area contributed by atoms with E-state index in [2.05, 4.69) is 4.90 Å². The zero-order valence-corrected chi connectivity index (χ0v) is 10.9. The van der Waals surface area contributed by atoms with Crippen molar-refractivity contribution in [2.75, 3.05) is 19.7 Å². The van der Waals surface area contributed by atoms with Crippen molar-refractivity contribution in [2.24, 2.45) is 0 Å². The smallest absolute Gasteiger partial charge is 0.335 e. The number of halogens is 1. The molecular formula is C14H18FNO3. The van der Waals surface area contributed by atoms with Crippen LogP contribution in [0.25, 0.3) is 0 Å². The van der Waals surface area contributed by atoms with Gasteiger partial charge in [0, 0.05) is 26.2 Å². The van der Waals surface area contributed by atoms with Gasteiger partial charge in [-0.3, -0.25) is 4.90 Å². The van der Waals surface area contributed by atoms with E-state index >= 15 is 0 Å². The molecule has 0 radical (unpaired) electrons. The van der Waals surface area contributed by atoms with Gasteiger partial charge in [-0.15, -0.1) is 0 Å². The van der Waals surface area contributed by atoms with Gasteiger partial charge in [-0.2, -0.15) is 0 Å². The Labute approximate surface area is 111 Å². The number of nitrogens with zero attached hydrogens (tertiary/aromatic N) is 1. The van der Waals surface area contributed by atoms with Gasteiger partial charge in [0.25, 0.3) is 0 Å². The molecule has 5 heteroatoms. The summed E-state index contributed by atoms with van der Waals surface area (Å²) in [6.45, 7) is 4.95. The first-order chi connectivity index (χ1) is 9.04. The minimum atomic E-state index is -1.10. The third-order valence-corrected chi connectivity index (χ3v) is 3.15. The van der Waals surface area contributed by atoms with Crippen LogP contribution in [0.1, 0.15) is 29.3 Å². The third kappa shape index (κ3) is 4.01. The maximum absolute atomic E-state index is 13.4. The van der Waals surface area contributed by atoms with Crippen LogP contribution in [0.15, 0.2) is 18.2 Å². The van der Waals surface area contributed by atoms with Gasteiger partial charge in [0.05, 0.1) is 11.7 Å². The molecule has 19 heavy (non-hydrogen) atoms. The molecule has 2 rings (SSSR count). The highest BCUT2D eigenvalue weighted by atomic mass is 19.1. The van der Waals surface area contributed by atoms with Crippen molar-refractivity contribution >= 4 is 5.97 Å². The highest BCUT2D eigenvalue weighted by molar-refractivity contribution is 5.87. The number of carboxylic acids is 1. The van der Waals surface area contributed by atoms with Gasteiger partial charge in [0.2, 0.25) is 0 Å². The molecule has 1 aromatic rings. The SMILES string of the molecule is CC1CN(Cc2cc(F)cc(C(=O)O)c2)CCCO1. The number of carboxylic acid groups (broad SMARTS) is 1. The zero-order valence-electron chi connectivity index (χ0n) is 10.9. The molecule has 104 valence electrons. The van der Waals surface area contributed by atoms with Crippen LogP contribution in [-0.4, -0.2) is 41.8 Å². The van der Waals surface area contributed by atoms with Crippen molar-refractivity contribution in [3.05, 3.63) is 35.1 Å². The van der Waals surface area contributed by atoms with Crippen molar-refractivity contribution in [3.8, 4) is 0 Å². The average molecular weight is 267 g/mol. The van der Waals surface area contributed by atoms with E-state index in [1.54, 1.807) is 0 Å².